The number of rotatable bonds is 7. The topological polar surface area (TPSA) is 118 Å². The number of ether oxygens (including phenoxy) is 2. The summed E-state index contributed by atoms with van der Waals surface area (Å²) in [5.41, 5.74) is 0.693. The summed E-state index contributed by atoms with van der Waals surface area (Å²) < 4.78 is 11.1. The third-order valence-electron chi connectivity index (χ3n) is 5.46. The van der Waals surface area contributed by atoms with Crippen LogP contribution in [-0.2, 0) is 11.3 Å². The van der Waals surface area contributed by atoms with E-state index in [1.54, 1.807) is 29.4 Å². The van der Waals surface area contributed by atoms with Gasteiger partial charge in [-0.05, 0) is 46.2 Å². The molecule has 1 fully saturated rings. The van der Waals surface area contributed by atoms with Gasteiger partial charge in [-0.2, -0.15) is 0 Å². The van der Waals surface area contributed by atoms with E-state index in [4.69, 9.17) is 9.47 Å². The molecule has 10 heteroatoms. The summed E-state index contributed by atoms with van der Waals surface area (Å²) in [5.74, 6) is -0.764. The summed E-state index contributed by atoms with van der Waals surface area (Å²) in [5, 5.41) is 9.85. The van der Waals surface area contributed by atoms with Crippen LogP contribution >= 0.6 is 0 Å². The number of amides is 1. The monoisotopic (exact) mass is 471 g/mol. The highest BCUT2D eigenvalue weighted by atomic mass is 16.6. The van der Waals surface area contributed by atoms with Crippen molar-refractivity contribution < 1.29 is 24.2 Å². The fourth-order valence-corrected chi connectivity index (χ4v) is 3.84. The minimum Gasteiger partial charge on any atom is -0.477 e. The molecule has 1 saturated heterocycles. The Balaban J connectivity index is 1.80. The maximum Gasteiger partial charge on any atom is 0.410 e. The van der Waals surface area contributed by atoms with Crippen LogP contribution < -0.4 is 4.74 Å². The Morgan fingerprint density at radius 1 is 1.21 bits per heavy atom. The van der Waals surface area contributed by atoms with Gasteiger partial charge in [0.25, 0.3) is 0 Å². The highest BCUT2D eigenvalue weighted by Gasteiger charge is 2.32. The molecule has 2 aromatic heterocycles. The molecule has 34 heavy (non-hydrogen) atoms. The molecule has 0 aliphatic carbocycles. The second kappa shape index (κ2) is 10.8. The van der Waals surface area contributed by atoms with E-state index >= 15 is 0 Å². The molecule has 0 spiro atoms. The van der Waals surface area contributed by atoms with Crippen LogP contribution in [0, 0.1) is 0 Å². The number of nitrogens with zero attached hydrogens (tertiary/aromatic N) is 5. The Morgan fingerprint density at radius 2 is 1.97 bits per heavy atom. The maximum absolute atomic E-state index is 12.5. The van der Waals surface area contributed by atoms with Gasteiger partial charge < -0.3 is 19.5 Å². The number of carboxylic acids is 1. The van der Waals surface area contributed by atoms with Crippen molar-refractivity contribution in [2.75, 3.05) is 26.2 Å². The number of hydrogen-bond donors (Lipinski definition) is 1. The molecule has 2 aromatic rings. The molecular formula is C24H33N5O5. The minimum atomic E-state index is -1.15. The lowest BCUT2D eigenvalue weighted by Gasteiger charge is -2.41. The van der Waals surface area contributed by atoms with Gasteiger partial charge in [-0.1, -0.05) is 6.92 Å². The summed E-state index contributed by atoms with van der Waals surface area (Å²) in [6, 6.07) is 3.56. The molecule has 1 N–H and O–H groups in total. The van der Waals surface area contributed by atoms with E-state index in [9.17, 15) is 14.7 Å². The fraction of sp³-hybridized carbons (Fsp3) is 0.542. The zero-order valence-corrected chi connectivity index (χ0v) is 20.4. The van der Waals surface area contributed by atoms with Gasteiger partial charge in [-0.15, -0.1) is 0 Å². The summed E-state index contributed by atoms with van der Waals surface area (Å²) in [4.78, 5) is 41.5. The number of carbonyl (C=O) groups is 2. The van der Waals surface area contributed by atoms with E-state index in [0.29, 0.717) is 55.6 Å². The molecular weight excluding hydrogens is 438 g/mol. The van der Waals surface area contributed by atoms with Crippen LogP contribution in [0.2, 0.25) is 0 Å². The molecule has 0 saturated carbocycles. The second-order valence-corrected chi connectivity index (χ2v) is 9.10. The van der Waals surface area contributed by atoms with Gasteiger partial charge in [-0.3, -0.25) is 9.88 Å². The zero-order valence-electron chi connectivity index (χ0n) is 20.4. The number of carbonyl (C=O) groups excluding carboxylic acids is 1. The SMILES string of the molecule is CCOc1ncccc1-c1cnc(CN2CCN(C(=O)OC(C)(C)C)C[C@H]2CC)c(C(=O)O)n1. The first kappa shape index (κ1) is 25.4. The zero-order chi connectivity index (χ0) is 24.9. The van der Waals surface area contributed by atoms with Crippen LogP contribution in [0.5, 0.6) is 5.88 Å². The normalized spacial score (nSPS) is 16.9. The molecule has 1 aliphatic heterocycles. The maximum atomic E-state index is 12.5. The lowest BCUT2D eigenvalue weighted by Crippen LogP contribution is -2.55. The predicted molar refractivity (Wildman–Crippen MR) is 126 cm³/mol. The first-order chi connectivity index (χ1) is 16.1. The molecule has 0 bridgehead atoms. The second-order valence-electron chi connectivity index (χ2n) is 9.10. The van der Waals surface area contributed by atoms with Crippen molar-refractivity contribution in [2.45, 2.75) is 59.2 Å². The van der Waals surface area contributed by atoms with Gasteiger partial charge in [0, 0.05) is 38.4 Å². The van der Waals surface area contributed by atoms with E-state index < -0.39 is 11.6 Å². The standard InChI is InChI=1S/C24H33N5O5/c1-6-16-14-29(23(32)34-24(3,4)5)12-11-28(16)15-19-20(22(30)31)27-18(13-26-19)17-9-8-10-25-21(17)33-7-2/h8-10,13,16H,6-7,11-12,14-15H2,1-5H3,(H,30,31)/t16-/m1/s1. The first-order valence-corrected chi connectivity index (χ1v) is 11.5. The summed E-state index contributed by atoms with van der Waals surface area (Å²) in [6.07, 6.45) is 3.62. The average Bonchev–Trinajstić information content (AvgIpc) is 2.79. The molecule has 0 radical (unpaired) electrons. The molecule has 3 heterocycles. The van der Waals surface area contributed by atoms with Gasteiger partial charge in [0.2, 0.25) is 5.88 Å². The van der Waals surface area contributed by atoms with Gasteiger partial charge in [0.05, 0.1) is 29.8 Å². The molecule has 1 amide bonds. The number of hydrogen-bond acceptors (Lipinski definition) is 8. The van der Waals surface area contributed by atoms with Crippen molar-refractivity contribution in [1.82, 2.24) is 24.8 Å². The Hall–Kier alpha value is -3.27. The highest BCUT2D eigenvalue weighted by molar-refractivity contribution is 5.87. The Labute approximate surface area is 199 Å². The van der Waals surface area contributed by atoms with Crippen LogP contribution in [0.3, 0.4) is 0 Å². The molecule has 10 nitrogen and oxygen atoms in total. The molecule has 184 valence electrons. The number of piperazine rings is 1. The van der Waals surface area contributed by atoms with Gasteiger partial charge >= 0.3 is 12.1 Å². The predicted octanol–water partition coefficient (Wildman–Crippen LogP) is 3.47. The van der Waals surface area contributed by atoms with Crippen molar-refractivity contribution >= 4 is 12.1 Å². The Morgan fingerprint density at radius 3 is 2.62 bits per heavy atom. The summed E-state index contributed by atoms with van der Waals surface area (Å²) in [6.45, 7) is 11.8. The Bertz CT molecular complexity index is 1020. The van der Waals surface area contributed by atoms with Gasteiger partial charge in [0.15, 0.2) is 5.69 Å². The van der Waals surface area contributed by atoms with Crippen molar-refractivity contribution in [3.05, 3.63) is 35.9 Å². The largest absolute Gasteiger partial charge is 0.477 e. The molecule has 1 aliphatic rings. The third kappa shape index (κ3) is 6.19. The van der Waals surface area contributed by atoms with Crippen LogP contribution in [0.1, 0.15) is 57.2 Å². The Kier molecular flexibility index (Phi) is 8.03. The van der Waals surface area contributed by atoms with Crippen LogP contribution in [0.25, 0.3) is 11.3 Å². The lowest BCUT2D eigenvalue weighted by atomic mass is 10.1. The van der Waals surface area contributed by atoms with Crippen LogP contribution in [0.15, 0.2) is 24.5 Å². The summed E-state index contributed by atoms with van der Waals surface area (Å²) in [7, 11) is 0. The van der Waals surface area contributed by atoms with E-state index in [0.717, 1.165) is 6.42 Å². The van der Waals surface area contributed by atoms with Crippen molar-refractivity contribution in [2.24, 2.45) is 0 Å². The average molecular weight is 472 g/mol. The van der Waals surface area contributed by atoms with E-state index in [1.807, 2.05) is 34.6 Å². The van der Waals surface area contributed by atoms with E-state index in [2.05, 4.69) is 19.9 Å². The fourth-order valence-electron chi connectivity index (χ4n) is 3.84. The number of carboxylic acid groups (broad SMARTS) is 1. The van der Waals surface area contributed by atoms with E-state index in [1.165, 1.54) is 0 Å². The number of aromatic carboxylic acids is 1. The summed E-state index contributed by atoms with van der Waals surface area (Å²) >= 11 is 0. The van der Waals surface area contributed by atoms with Gasteiger partial charge in [-0.25, -0.2) is 19.6 Å². The number of pyridine rings is 1. The quantitative estimate of drug-likeness (QED) is 0.647. The molecule has 1 atom stereocenters. The van der Waals surface area contributed by atoms with Gasteiger partial charge in [0.1, 0.15) is 5.60 Å². The molecule has 3 rings (SSSR count). The van der Waals surface area contributed by atoms with Crippen molar-refractivity contribution in [3.8, 4) is 17.1 Å². The number of aromatic nitrogens is 3. The molecule has 0 unspecified atom stereocenters. The minimum absolute atomic E-state index is 0.0484. The van der Waals surface area contributed by atoms with Crippen LogP contribution in [-0.4, -0.2) is 79.8 Å². The van der Waals surface area contributed by atoms with E-state index in [-0.39, 0.29) is 17.8 Å². The third-order valence-corrected chi connectivity index (χ3v) is 5.46. The van der Waals surface area contributed by atoms with Crippen LogP contribution in [0.4, 0.5) is 4.79 Å². The molecule has 0 aromatic carbocycles. The lowest BCUT2D eigenvalue weighted by molar-refractivity contribution is 0.00169. The first-order valence-electron chi connectivity index (χ1n) is 11.5. The smallest absolute Gasteiger partial charge is 0.410 e. The van der Waals surface area contributed by atoms with Crippen molar-refractivity contribution in [1.29, 1.82) is 0 Å². The van der Waals surface area contributed by atoms with Crippen molar-refractivity contribution in [3.63, 3.8) is 0 Å². The highest BCUT2D eigenvalue weighted by Crippen LogP contribution is 2.27.